The summed E-state index contributed by atoms with van der Waals surface area (Å²) in [5.74, 6) is 0. The molecule has 0 atom stereocenters. The zero-order chi connectivity index (χ0) is 10.6. The Balaban J connectivity index is 3.18. The second-order valence-corrected chi connectivity index (χ2v) is 3.14. The number of nitriles is 2. The van der Waals surface area contributed by atoms with E-state index >= 15 is 0 Å². The summed E-state index contributed by atoms with van der Waals surface area (Å²) >= 11 is 0. The van der Waals surface area contributed by atoms with Gasteiger partial charge >= 0.3 is 0 Å². The fourth-order valence-electron chi connectivity index (χ4n) is 1.58. The lowest BCUT2D eigenvalue weighted by Crippen LogP contribution is -1.88. The Morgan fingerprint density at radius 2 is 2.21 bits per heavy atom. The van der Waals surface area contributed by atoms with Crippen molar-refractivity contribution in [2.75, 3.05) is 0 Å². The van der Waals surface area contributed by atoms with Gasteiger partial charge in [0.15, 0.2) is 0 Å². The maximum absolute atomic E-state index is 8.77. The van der Waals surface area contributed by atoms with Crippen LogP contribution in [-0.2, 0) is 0 Å². The van der Waals surface area contributed by atoms with Gasteiger partial charge in [-0.1, -0.05) is 11.6 Å². The molecule has 0 spiro atoms. The molecule has 0 amide bonds. The lowest BCUT2D eigenvalue weighted by atomic mass is 10.00. The van der Waals surface area contributed by atoms with Crippen molar-refractivity contribution < 1.29 is 0 Å². The Bertz CT molecular complexity index is 381. The molecule has 0 saturated heterocycles. The van der Waals surface area contributed by atoms with Gasteiger partial charge in [-0.3, -0.25) is 0 Å². The minimum absolute atomic E-state index is 0.231. The van der Waals surface area contributed by atoms with Crippen LogP contribution in [0.2, 0.25) is 0 Å². The van der Waals surface area contributed by atoms with E-state index in [1.54, 1.807) is 6.08 Å². The van der Waals surface area contributed by atoms with E-state index in [1.165, 1.54) is 0 Å². The van der Waals surface area contributed by atoms with Gasteiger partial charge in [0.1, 0.15) is 17.7 Å². The summed E-state index contributed by atoms with van der Waals surface area (Å²) < 4.78 is 0. The van der Waals surface area contributed by atoms with Gasteiger partial charge in [0.25, 0.3) is 0 Å². The molecule has 69 valence electrons. The van der Waals surface area contributed by atoms with Gasteiger partial charge in [-0.25, -0.2) is 0 Å². The molecular weight excluding hydrogens is 172 g/mol. The fourth-order valence-corrected chi connectivity index (χ4v) is 1.58. The molecule has 1 radical (unpaired) electrons. The third-order valence-corrected chi connectivity index (χ3v) is 2.33. The van der Waals surface area contributed by atoms with E-state index in [2.05, 4.69) is 6.58 Å². The van der Waals surface area contributed by atoms with Crippen molar-refractivity contribution in [3.63, 3.8) is 0 Å². The molecular formula is C12H11N2. The minimum Gasteiger partial charge on any atom is -0.192 e. The van der Waals surface area contributed by atoms with E-state index in [9.17, 15) is 0 Å². The summed E-state index contributed by atoms with van der Waals surface area (Å²) in [6, 6.07) is 3.87. The first-order chi connectivity index (χ1) is 6.74. The first kappa shape index (κ1) is 10.3. The Morgan fingerprint density at radius 1 is 1.57 bits per heavy atom. The minimum atomic E-state index is 0.231. The van der Waals surface area contributed by atoms with Gasteiger partial charge in [0, 0.05) is 0 Å². The third kappa shape index (κ3) is 1.75. The highest BCUT2D eigenvalue weighted by molar-refractivity contribution is 5.56. The molecule has 0 saturated carbocycles. The predicted molar refractivity (Wildman–Crippen MR) is 54.7 cm³/mol. The first-order valence-electron chi connectivity index (χ1n) is 4.42. The van der Waals surface area contributed by atoms with Crippen LogP contribution < -0.4 is 0 Å². The van der Waals surface area contributed by atoms with Crippen LogP contribution >= 0.6 is 0 Å². The maximum atomic E-state index is 8.77. The van der Waals surface area contributed by atoms with Crippen molar-refractivity contribution in [3.8, 4) is 12.1 Å². The summed E-state index contributed by atoms with van der Waals surface area (Å²) in [7, 11) is 0. The smallest absolute Gasteiger partial charge is 0.133 e. The van der Waals surface area contributed by atoms with Crippen LogP contribution in [0, 0.1) is 29.1 Å². The first-order valence-corrected chi connectivity index (χ1v) is 4.42. The molecule has 0 aromatic heterocycles. The van der Waals surface area contributed by atoms with Crippen molar-refractivity contribution in [2.24, 2.45) is 0 Å². The Kier molecular flexibility index (Phi) is 3.26. The molecule has 0 aromatic carbocycles. The molecule has 0 unspecified atom stereocenters. The summed E-state index contributed by atoms with van der Waals surface area (Å²) in [6.45, 7) is 5.67. The largest absolute Gasteiger partial charge is 0.192 e. The van der Waals surface area contributed by atoms with E-state index < -0.39 is 0 Å². The van der Waals surface area contributed by atoms with Crippen LogP contribution in [0.15, 0.2) is 34.9 Å². The van der Waals surface area contributed by atoms with Crippen LogP contribution in [0.1, 0.15) is 19.8 Å². The Morgan fingerprint density at radius 3 is 2.71 bits per heavy atom. The van der Waals surface area contributed by atoms with E-state index in [0.29, 0.717) is 6.42 Å². The number of rotatable bonds is 2. The number of allylic oxidation sites excluding steroid dienone is 5. The average molecular weight is 183 g/mol. The summed E-state index contributed by atoms with van der Waals surface area (Å²) in [5, 5.41) is 17.5. The average Bonchev–Trinajstić information content (AvgIpc) is 2.53. The molecule has 0 aliphatic heterocycles. The van der Waals surface area contributed by atoms with Crippen molar-refractivity contribution in [2.45, 2.75) is 19.8 Å². The Hall–Kier alpha value is -1.80. The summed E-state index contributed by atoms with van der Waals surface area (Å²) in [4.78, 5) is 0. The second-order valence-electron chi connectivity index (χ2n) is 3.14. The number of hydrogen-bond donors (Lipinski definition) is 0. The van der Waals surface area contributed by atoms with Gasteiger partial charge in [-0.15, -0.1) is 6.58 Å². The third-order valence-electron chi connectivity index (χ3n) is 2.33. The number of hydrogen-bond acceptors (Lipinski definition) is 2. The normalized spacial score (nSPS) is 14.9. The molecule has 14 heavy (non-hydrogen) atoms. The van der Waals surface area contributed by atoms with Crippen molar-refractivity contribution in [1.82, 2.24) is 0 Å². The van der Waals surface area contributed by atoms with Crippen molar-refractivity contribution in [3.05, 3.63) is 41.4 Å². The zero-order valence-corrected chi connectivity index (χ0v) is 8.17. The number of nitrogens with zero attached hydrogens (tertiary/aromatic N) is 2. The second kappa shape index (κ2) is 4.44. The molecule has 0 bridgehead atoms. The van der Waals surface area contributed by atoms with Crippen LogP contribution in [0.25, 0.3) is 0 Å². The van der Waals surface area contributed by atoms with Gasteiger partial charge in [0.05, 0.1) is 0 Å². The highest BCUT2D eigenvalue weighted by Gasteiger charge is 2.19. The van der Waals surface area contributed by atoms with Gasteiger partial charge in [-0.05, 0) is 37.3 Å². The molecule has 1 aliphatic carbocycles. The fraction of sp³-hybridized carbons (Fsp3) is 0.250. The molecule has 1 rings (SSSR count). The van der Waals surface area contributed by atoms with Crippen molar-refractivity contribution in [1.29, 1.82) is 10.5 Å². The van der Waals surface area contributed by atoms with Gasteiger partial charge < -0.3 is 0 Å². The molecule has 0 heterocycles. The summed E-state index contributed by atoms with van der Waals surface area (Å²) in [5.41, 5.74) is 3.34. The summed E-state index contributed by atoms with van der Waals surface area (Å²) in [6.07, 6.45) is 5.27. The van der Waals surface area contributed by atoms with Crippen LogP contribution in [0.3, 0.4) is 0 Å². The topological polar surface area (TPSA) is 47.6 Å². The van der Waals surface area contributed by atoms with E-state index in [-0.39, 0.29) is 5.57 Å². The zero-order valence-electron chi connectivity index (χ0n) is 8.17. The van der Waals surface area contributed by atoms with Gasteiger partial charge in [-0.2, -0.15) is 10.5 Å². The predicted octanol–water partition coefficient (Wildman–Crippen LogP) is 2.83. The molecule has 1 aliphatic rings. The monoisotopic (exact) mass is 183 g/mol. The quantitative estimate of drug-likeness (QED) is 0.488. The van der Waals surface area contributed by atoms with Crippen molar-refractivity contribution >= 4 is 0 Å². The molecule has 2 nitrogen and oxygen atoms in total. The lowest BCUT2D eigenvalue weighted by Gasteiger charge is -2.02. The van der Waals surface area contributed by atoms with Crippen LogP contribution in [-0.4, -0.2) is 0 Å². The molecule has 2 heteroatoms. The maximum Gasteiger partial charge on any atom is 0.133 e. The SMILES string of the molecule is C=CCC1=C(C)[CH]CC1=C(C#N)C#N. The molecule has 0 fully saturated rings. The van der Waals surface area contributed by atoms with E-state index in [1.807, 2.05) is 25.5 Å². The van der Waals surface area contributed by atoms with Crippen LogP contribution in [0.4, 0.5) is 0 Å². The lowest BCUT2D eigenvalue weighted by molar-refractivity contribution is 1.16. The highest BCUT2D eigenvalue weighted by Crippen LogP contribution is 2.34. The highest BCUT2D eigenvalue weighted by atomic mass is 14.3. The standard InChI is InChI=1S/C12H11N2/c1-3-4-11-9(2)5-6-12(11)10(7-13)8-14/h3,5H,1,4,6H2,2H3. The van der Waals surface area contributed by atoms with E-state index in [0.717, 1.165) is 23.1 Å². The van der Waals surface area contributed by atoms with Crippen LogP contribution in [0.5, 0.6) is 0 Å². The molecule has 0 N–H and O–H groups in total. The molecule has 0 aromatic rings. The van der Waals surface area contributed by atoms with Gasteiger partial charge in [0.2, 0.25) is 0 Å². The Labute approximate surface area is 84.5 Å². The van der Waals surface area contributed by atoms with E-state index in [4.69, 9.17) is 10.5 Å².